The standard InChI is InChI=1S/C10H18F4O2/c1-3-5-7(15)8(4-2)16-6-10(13,14)9(11)12/h7-9,15H,3-6H2,1-2H3. The molecule has 0 aliphatic rings. The summed E-state index contributed by atoms with van der Waals surface area (Å²) in [5.41, 5.74) is 0. The van der Waals surface area contributed by atoms with E-state index in [4.69, 9.17) is 0 Å². The molecule has 98 valence electrons. The largest absolute Gasteiger partial charge is 0.390 e. The van der Waals surface area contributed by atoms with Crippen LogP contribution in [0.2, 0.25) is 0 Å². The lowest BCUT2D eigenvalue weighted by Crippen LogP contribution is -2.37. The van der Waals surface area contributed by atoms with Gasteiger partial charge in [0, 0.05) is 0 Å². The number of hydrogen-bond acceptors (Lipinski definition) is 2. The minimum Gasteiger partial charge on any atom is -0.390 e. The highest BCUT2D eigenvalue weighted by molar-refractivity contribution is 4.72. The second-order valence-corrected chi connectivity index (χ2v) is 3.68. The highest BCUT2D eigenvalue weighted by atomic mass is 19.3. The summed E-state index contributed by atoms with van der Waals surface area (Å²) in [6.07, 6.45) is -4.06. The van der Waals surface area contributed by atoms with Crippen molar-refractivity contribution in [3.8, 4) is 0 Å². The van der Waals surface area contributed by atoms with Crippen molar-refractivity contribution in [2.45, 2.75) is 57.7 Å². The van der Waals surface area contributed by atoms with Crippen molar-refractivity contribution in [2.75, 3.05) is 6.61 Å². The van der Waals surface area contributed by atoms with Gasteiger partial charge in [-0.25, -0.2) is 8.78 Å². The predicted octanol–water partition coefficient (Wildman–Crippen LogP) is 2.84. The molecule has 0 bridgehead atoms. The maximum absolute atomic E-state index is 12.5. The molecule has 0 aromatic carbocycles. The van der Waals surface area contributed by atoms with Crippen LogP contribution >= 0.6 is 0 Å². The molecule has 0 aliphatic heterocycles. The first-order valence-corrected chi connectivity index (χ1v) is 5.30. The molecule has 0 aromatic rings. The lowest BCUT2D eigenvalue weighted by molar-refractivity contribution is -0.186. The Morgan fingerprint density at radius 3 is 2.19 bits per heavy atom. The third-order valence-corrected chi connectivity index (χ3v) is 2.23. The number of halogens is 4. The van der Waals surface area contributed by atoms with Crippen LogP contribution in [0.3, 0.4) is 0 Å². The second kappa shape index (κ2) is 7.06. The van der Waals surface area contributed by atoms with Gasteiger partial charge in [0.1, 0.15) is 6.61 Å². The van der Waals surface area contributed by atoms with Gasteiger partial charge in [-0.2, -0.15) is 8.78 Å². The fourth-order valence-electron chi connectivity index (χ4n) is 1.26. The van der Waals surface area contributed by atoms with E-state index in [0.717, 1.165) is 0 Å². The van der Waals surface area contributed by atoms with E-state index in [2.05, 4.69) is 4.74 Å². The molecule has 16 heavy (non-hydrogen) atoms. The van der Waals surface area contributed by atoms with Crippen LogP contribution in [0.25, 0.3) is 0 Å². The second-order valence-electron chi connectivity index (χ2n) is 3.68. The molecule has 0 aliphatic carbocycles. The molecule has 0 saturated carbocycles. The van der Waals surface area contributed by atoms with Gasteiger partial charge in [-0.3, -0.25) is 0 Å². The minimum absolute atomic E-state index is 0.306. The average Bonchev–Trinajstić information content (AvgIpc) is 2.18. The zero-order valence-corrected chi connectivity index (χ0v) is 9.43. The molecule has 2 unspecified atom stereocenters. The summed E-state index contributed by atoms with van der Waals surface area (Å²) < 4.78 is 53.4. The van der Waals surface area contributed by atoms with Crippen LogP contribution in [-0.2, 0) is 4.74 Å². The fourth-order valence-corrected chi connectivity index (χ4v) is 1.26. The normalized spacial score (nSPS) is 16.5. The van der Waals surface area contributed by atoms with Crippen molar-refractivity contribution >= 4 is 0 Å². The maximum Gasteiger partial charge on any atom is 0.330 e. The van der Waals surface area contributed by atoms with Crippen LogP contribution in [-0.4, -0.2) is 36.3 Å². The van der Waals surface area contributed by atoms with E-state index in [1.165, 1.54) is 0 Å². The van der Waals surface area contributed by atoms with E-state index in [-0.39, 0.29) is 0 Å². The summed E-state index contributed by atoms with van der Waals surface area (Å²) >= 11 is 0. The van der Waals surface area contributed by atoms with Gasteiger partial charge in [0.05, 0.1) is 12.2 Å². The Labute approximate surface area is 92.6 Å². The zero-order chi connectivity index (χ0) is 12.8. The minimum atomic E-state index is -4.15. The van der Waals surface area contributed by atoms with Gasteiger partial charge >= 0.3 is 12.3 Å². The number of ether oxygens (including phenoxy) is 1. The Kier molecular flexibility index (Phi) is 6.90. The summed E-state index contributed by atoms with van der Waals surface area (Å²) in [6, 6.07) is 0. The van der Waals surface area contributed by atoms with Gasteiger partial charge in [0.25, 0.3) is 0 Å². The van der Waals surface area contributed by atoms with E-state index < -0.39 is 31.2 Å². The molecular weight excluding hydrogens is 228 g/mol. The van der Waals surface area contributed by atoms with Crippen molar-refractivity contribution in [3.63, 3.8) is 0 Å². The molecule has 0 radical (unpaired) electrons. The van der Waals surface area contributed by atoms with E-state index in [1.807, 2.05) is 6.92 Å². The molecule has 0 aromatic heterocycles. The molecular formula is C10H18F4O2. The van der Waals surface area contributed by atoms with Crippen LogP contribution in [0.15, 0.2) is 0 Å². The smallest absolute Gasteiger partial charge is 0.330 e. The van der Waals surface area contributed by atoms with Gasteiger partial charge in [-0.05, 0) is 12.8 Å². The molecule has 0 rings (SSSR count). The van der Waals surface area contributed by atoms with Crippen molar-refractivity contribution in [1.82, 2.24) is 0 Å². The lowest BCUT2D eigenvalue weighted by atomic mass is 10.1. The monoisotopic (exact) mass is 246 g/mol. The van der Waals surface area contributed by atoms with Gasteiger partial charge in [-0.1, -0.05) is 20.3 Å². The Bertz CT molecular complexity index is 188. The lowest BCUT2D eigenvalue weighted by Gasteiger charge is -2.24. The molecule has 0 spiro atoms. The molecule has 0 fully saturated rings. The number of alkyl halides is 4. The van der Waals surface area contributed by atoms with Crippen molar-refractivity contribution in [1.29, 1.82) is 0 Å². The number of rotatable bonds is 8. The third-order valence-electron chi connectivity index (χ3n) is 2.23. The van der Waals surface area contributed by atoms with E-state index in [9.17, 15) is 22.7 Å². The summed E-state index contributed by atoms with van der Waals surface area (Å²) in [6.45, 7) is 2.11. The van der Waals surface area contributed by atoms with Gasteiger partial charge in [-0.15, -0.1) is 0 Å². The Balaban J connectivity index is 4.14. The topological polar surface area (TPSA) is 29.5 Å². The van der Waals surface area contributed by atoms with E-state index in [1.54, 1.807) is 6.92 Å². The first kappa shape index (κ1) is 15.6. The molecule has 0 heterocycles. The Hall–Kier alpha value is -0.360. The van der Waals surface area contributed by atoms with Crippen LogP contribution in [0.1, 0.15) is 33.1 Å². The third kappa shape index (κ3) is 5.12. The van der Waals surface area contributed by atoms with Gasteiger partial charge in [0.15, 0.2) is 0 Å². The van der Waals surface area contributed by atoms with E-state index in [0.29, 0.717) is 19.3 Å². The molecule has 0 saturated heterocycles. The maximum atomic E-state index is 12.5. The number of aliphatic hydroxyl groups excluding tert-OH is 1. The van der Waals surface area contributed by atoms with Crippen LogP contribution in [0.4, 0.5) is 17.6 Å². The summed E-state index contributed by atoms with van der Waals surface area (Å²) in [5, 5.41) is 9.49. The van der Waals surface area contributed by atoms with Crippen molar-refractivity contribution < 1.29 is 27.4 Å². The van der Waals surface area contributed by atoms with Crippen molar-refractivity contribution in [3.05, 3.63) is 0 Å². The molecule has 6 heteroatoms. The first-order chi connectivity index (χ1) is 7.35. The summed E-state index contributed by atoms with van der Waals surface area (Å²) in [7, 11) is 0. The van der Waals surface area contributed by atoms with Crippen LogP contribution in [0, 0.1) is 0 Å². The predicted molar refractivity (Wildman–Crippen MR) is 51.9 cm³/mol. The van der Waals surface area contributed by atoms with Crippen molar-refractivity contribution in [2.24, 2.45) is 0 Å². The average molecular weight is 246 g/mol. The summed E-state index contributed by atoms with van der Waals surface area (Å²) in [5.74, 6) is -4.15. The highest BCUT2D eigenvalue weighted by Crippen LogP contribution is 2.24. The molecule has 2 nitrogen and oxygen atoms in total. The van der Waals surface area contributed by atoms with Crippen LogP contribution < -0.4 is 0 Å². The highest BCUT2D eigenvalue weighted by Gasteiger charge is 2.41. The van der Waals surface area contributed by atoms with E-state index >= 15 is 0 Å². The van der Waals surface area contributed by atoms with Gasteiger partial charge in [0.2, 0.25) is 0 Å². The number of aliphatic hydroxyl groups is 1. The molecule has 0 amide bonds. The first-order valence-electron chi connectivity index (χ1n) is 5.30. The SMILES string of the molecule is CCCC(O)C(CC)OCC(F)(F)C(F)F. The van der Waals surface area contributed by atoms with Gasteiger partial charge < -0.3 is 9.84 Å². The fraction of sp³-hybridized carbons (Fsp3) is 1.00. The molecule has 2 atom stereocenters. The zero-order valence-electron chi connectivity index (χ0n) is 9.43. The summed E-state index contributed by atoms with van der Waals surface area (Å²) in [4.78, 5) is 0. The quantitative estimate of drug-likeness (QED) is 0.667. The van der Waals surface area contributed by atoms with Crippen LogP contribution in [0.5, 0.6) is 0 Å². The molecule has 1 N–H and O–H groups in total. The Morgan fingerprint density at radius 1 is 1.25 bits per heavy atom. The number of hydrogen-bond donors (Lipinski definition) is 1. The Morgan fingerprint density at radius 2 is 1.81 bits per heavy atom.